The Balaban J connectivity index is 1.15. The normalized spacial score (nSPS) is 26.0. The molecule has 1 amide bonds. The molecular weight excluding hydrogens is 366 g/mol. The molecule has 3 aliphatic carbocycles. The fraction of sp³-hybridized carbons (Fsp3) is 0.429. The van der Waals surface area contributed by atoms with E-state index >= 15 is 0 Å². The summed E-state index contributed by atoms with van der Waals surface area (Å²) in [7, 11) is 0. The second-order valence-electron chi connectivity index (χ2n) is 8.00. The Morgan fingerprint density at radius 3 is 2.89 bits per heavy atom. The average Bonchev–Trinajstić information content (AvgIpc) is 3.09. The lowest BCUT2D eigenvalue weighted by atomic mass is 9.89. The van der Waals surface area contributed by atoms with Crippen LogP contribution in [0.2, 0.25) is 0 Å². The number of hydrogen-bond acceptors (Lipinski definition) is 4. The predicted octanol–water partition coefficient (Wildman–Crippen LogP) is 3.86. The molecule has 1 aromatic heterocycles. The molecule has 0 aliphatic heterocycles. The Kier molecular flexibility index (Phi) is 4.00. The number of allylic oxidation sites excluding steroid dienone is 2. The van der Waals surface area contributed by atoms with Crippen molar-refractivity contribution in [3.8, 4) is 5.75 Å². The molecule has 2 fully saturated rings. The van der Waals surface area contributed by atoms with Crippen LogP contribution in [0.4, 0.5) is 8.78 Å². The van der Waals surface area contributed by atoms with Crippen LogP contribution in [-0.2, 0) is 6.61 Å². The maximum absolute atomic E-state index is 13.6. The van der Waals surface area contributed by atoms with Gasteiger partial charge in [-0.05, 0) is 54.6 Å². The molecule has 1 aromatic carbocycles. The molecule has 3 unspecified atom stereocenters. The van der Waals surface area contributed by atoms with Crippen molar-refractivity contribution in [3.05, 3.63) is 59.5 Å². The molecule has 5 nitrogen and oxygen atoms in total. The molecule has 2 saturated carbocycles. The van der Waals surface area contributed by atoms with Gasteiger partial charge in [0.2, 0.25) is 0 Å². The third kappa shape index (κ3) is 2.89. The molecule has 0 radical (unpaired) electrons. The van der Waals surface area contributed by atoms with E-state index in [0.717, 1.165) is 18.6 Å². The van der Waals surface area contributed by atoms with Gasteiger partial charge < -0.3 is 14.6 Å². The first-order chi connectivity index (χ1) is 13.5. The van der Waals surface area contributed by atoms with Crippen LogP contribution in [0.3, 0.4) is 0 Å². The van der Waals surface area contributed by atoms with Crippen molar-refractivity contribution in [2.75, 3.05) is 6.54 Å². The van der Waals surface area contributed by atoms with Crippen molar-refractivity contribution < 1.29 is 22.8 Å². The molecule has 3 atom stereocenters. The molecule has 0 saturated heterocycles. The van der Waals surface area contributed by atoms with Crippen molar-refractivity contribution >= 4 is 5.91 Å². The van der Waals surface area contributed by atoms with Crippen molar-refractivity contribution in [2.24, 2.45) is 23.2 Å². The smallest absolute Gasteiger partial charge is 0.273 e. The minimum absolute atomic E-state index is 0.0952. The Labute approximate surface area is 160 Å². The fourth-order valence-corrected chi connectivity index (χ4v) is 4.90. The van der Waals surface area contributed by atoms with Gasteiger partial charge >= 0.3 is 0 Å². The van der Waals surface area contributed by atoms with Crippen LogP contribution < -0.4 is 10.1 Å². The highest BCUT2D eigenvalue weighted by Gasteiger charge is 2.62. The fourth-order valence-electron chi connectivity index (χ4n) is 4.90. The van der Waals surface area contributed by atoms with Crippen LogP contribution in [0.15, 0.2) is 40.9 Å². The van der Waals surface area contributed by atoms with Crippen molar-refractivity contribution in [3.63, 3.8) is 0 Å². The van der Waals surface area contributed by atoms with Gasteiger partial charge in [0, 0.05) is 18.7 Å². The summed E-state index contributed by atoms with van der Waals surface area (Å²) < 4.78 is 36.8. The number of carbonyl (C=O) groups is 1. The van der Waals surface area contributed by atoms with Crippen molar-refractivity contribution in [2.45, 2.75) is 25.9 Å². The van der Waals surface area contributed by atoms with Crippen molar-refractivity contribution in [1.82, 2.24) is 10.5 Å². The lowest BCUT2D eigenvalue weighted by Gasteiger charge is -2.19. The zero-order valence-electron chi connectivity index (χ0n) is 15.2. The van der Waals surface area contributed by atoms with Gasteiger partial charge in [-0.2, -0.15) is 0 Å². The van der Waals surface area contributed by atoms with Crippen molar-refractivity contribution in [1.29, 1.82) is 0 Å². The molecule has 7 heteroatoms. The van der Waals surface area contributed by atoms with Gasteiger partial charge in [0.15, 0.2) is 23.0 Å². The quantitative estimate of drug-likeness (QED) is 0.766. The first-order valence-electron chi connectivity index (χ1n) is 9.55. The van der Waals surface area contributed by atoms with Gasteiger partial charge in [-0.25, -0.2) is 8.78 Å². The number of hydrogen-bond donors (Lipinski definition) is 1. The van der Waals surface area contributed by atoms with E-state index in [0.29, 0.717) is 29.7 Å². The number of nitrogens with zero attached hydrogens (tertiary/aromatic N) is 1. The van der Waals surface area contributed by atoms with E-state index in [1.165, 1.54) is 25.0 Å². The highest BCUT2D eigenvalue weighted by molar-refractivity contribution is 5.92. The SMILES string of the molecule is O=C(NCC1CC2C=CC1C21CC1)c1cc(COc2ccc(F)cc2F)on1. The number of ether oxygens (including phenoxy) is 1. The number of carbonyl (C=O) groups excluding carboxylic acids is 1. The van der Waals surface area contributed by atoms with Gasteiger partial charge in [-0.3, -0.25) is 4.79 Å². The zero-order chi connectivity index (χ0) is 19.3. The molecular formula is C21H20F2N2O3. The Morgan fingerprint density at radius 1 is 1.29 bits per heavy atom. The van der Waals surface area contributed by atoms with Crippen LogP contribution in [0, 0.1) is 34.8 Å². The van der Waals surface area contributed by atoms with Gasteiger partial charge in [-0.15, -0.1) is 0 Å². The number of amides is 1. The van der Waals surface area contributed by atoms with E-state index < -0.39 is 11.6 Å². The lowest BCUT2D eigenvalue weighted by molar-refractivity contribution is 0.0934. The van der Waals surface area contributed by atoms with Gasteiger partial charge in [0.1, 0.15) is 12.4 Å². The number of rotatable bonds is 6. The number of halogens is 2. The Morgan fingerprint density at radius 2 is 2.14 bits per heavy atom. The average molecular weight is 386 g/mol. The van der Waals surface area contributed by atoms with E-state index in [-0.39, 0.29) is 29.7 Å². The second-order valence-corrected chi connectivity index (χ2v) is 8.00. The maximum atomic E-state index is 13.6. The van der Waals surface area contributed by atoms with Crippen LogP contribution in [0.5, 0.6) is 5.75 Å². The van der Waals surface area contributed by atoms with E-state index in [1.807, 2.05) is 0 Å². The lowest BCUT2D eigenvalue weighted by Crippen LogP contribution is -2.31. The molecule has 3 aliphatic rings. The molecule has 2 bridgehead atoms. The number of aromatic nitrogens is 1. The highest BCUT2D eigenvalue weighted by Crippen LogP contribution is 2.69. The zero-order valence-corrected chi connectivity index (χ0v) is 15.2. The van der Waals surface area contributed by atoms with E-state index in [2.05, 4.69) is 22.6 Å². The summed E-state index contributed by atoms with van der Waals surface area (Å²) >= 11 is 0. The van der Waals surface area contributed by atoms with Crippen LogP contribution >= 0.6 is 0 Å². The third-order valence-corrected chi connectivity index (χ3v) is 6.43. The minimum Gasteiger partial charge on any atom is -0.482 e. The molecule has 1 heterocycles. The van der Waals surface area contributed by atoms with Gasteiger partial charge in [0.25, 0.3) is 5.91 Å². The largest absolute Gasteiger partial charge is 0.482 e. The first kappa shape index (κ1) is 17.4. The Bertz CT molecular complexity index is 951. The van der Waals surface area contributed by atoms with Crippen LogP contribution in [-0.4, -0.2) is 17.6 Å². The Hall–Kier alpha value is -2.70. The van der Waals surface area contributed by atoms with E-state index in [1.54, 1.807) is 0 Å². The summed E-state index contributed by atoms with van der Waals surface area (Å²) in [6, 6.07) is 4.52. The standard InChI is InChI=1S/C21H20F2N2O3/c22-14-2-4-19(17(23)8-14)27-11-15-9-18(25-28-15)20(26)24-10-12-7-13-1-3-16(12)21(13)5-6-21/h1-4,8-9,12-13,16H,5-7,10-11H2,(H,24,26). The first-order valence-corrected chi connectivity index (χ1v) is 9.55. The summed E-state index contributed by atoms with van der Waals surface area (Å²) in [6.07, 6.45) is 8.44. The predicted molar refractivity (Wildman–Crippen MR) is 95.4 cm³/mol. The maximum Gasteiger partial charge on any atom is 0.273 e. The molecule has 5 rings (SSSR count). The molecule has 146 valence electrons. The van der Waals surface area contributed by atoms with Crippen LogP contribution in [0.1, 0.15) is 35.5 Å². The topological polar surface area (TPSA) is 64.4 Å². The molecule has 28 heavy (non-hydrogen) atoms. The van der Waals surface area contributed by atoms with E-state index in [9.17, 15) is 13.6 Å². The summed E-state index contributed by atoms with van der Waals surface area (Å²) in [5.74, 6) is 0.174. The van der Waals surface area contributed by atoms with Crippen LogP contribution in [0.25, 0.3) is 0 Å². The number of benzene rings is 1. The monoisotopic (exact) mass is 386 g/mol. The number of nitrogens with one attached hydrogen (secondary N) is 1. The van der Waals surface area contributed by atoms with Gasteiger partial charge in [0.05, 0.1) is 0 Å². The summed E-state index contributed by atoms with van der Waals surface area (Å²) in [6.45, 7) is 0.522. The molecule has 1 N–H and O–H groups in total. The molecule has 1 spiro atoms. The summed E-state index contributed by atoms with van der Waals surface area (Å²) in [5.41, 5.74) is 0.668. The minimum atomic E-state index is -0.800. The van der Waals surface area contributed by atoms with E-state index in [4.69, 9.17) is 9.26 Å². The second kappa shape index (κ2) is 6.43. The van der Waals surface area contributed by atoms with Gasteiger partial charge in [-0.1, -0.05) is 17.3 Å². The third-order valence-electron chi connectivity index (χ3n) is 6.43. The highest BCUT2D eigenvalue weighted by atomic mass is 19.1. The molecule has 2 aromatic rings. The summed E-state index contributed by atoms with van der Waals surface area (Å²) in [5, 5.41) is 6.72. The summed E-state index contributed by atoms with van der Waals surface area (Å²) in [4.78, 5) is 12.4.